The number of Topliss-reactive ketones (excluding diaryl/α,β-unsaturated/α-hetero) is 1. The van der Waals surface area contributed by atoms with Gasteiger partial charge in [0.05, 0.1) is 15.5 Å². The van der Waals surface area contributed by atoms with Crippen LogP contribution in [0.2, 0.25) is 0 Å². The van der Waals surface area contributed by atoms with Crippen molar-refractivity contribution in [1.82, 2.24) is 4.90 Å². The summed E-state index contributed by atoms with van der Waals surface area (Å²) in [5.41, 5.74) is 0.207. The highest BCUT2D eigenvalue weighted by Gasteiger charge is 2.43. The van der Waals surface area contributed by atoms with Gasteiger partial charge in [0, 0.05) is 17.1 Å². The number of benzene rings is 1. The van der Waals surface area contributed by atoms with Crippen LogP contribution in [-0.4, -0.2) is 36.4 Å². The number of likely N-dealkylation sites (tertiary alicyclic amines) is 1. The quantitative estimate of drug-likeness (QED) is 0.682. The summed E-state index contributed by atoms with van der Waals surface area (Å²) in [6, 6.07) is 4.34. The molecule has 0 spiro atoms. The maximum atomic E-state index is 13.1. The maximum absolute atomic E-state index is 13.1. The second-order valence-corrected chi connectivity index (χ2v) is 8.53. The van der Waals surface area contributed by atoms with Crippen LogP contribution in [0.1, 0.15) is 43.5 Å². The number of ketones is 1. The molecule has 0 saturated carbocycles. The van der Waals surface area contributed by atoms with E-state index in [-0.39, 0.29) is 5.78 Å². The molecule has 3 nitrogen and oxygen atoms in total. The van der Waals surface area contributed by atoms with Gasteiger partial charge in [-0.25, -0.2) is 0 Å². The van der Waals surface area contributed by atoms with E-state index < -0.39 is 5.41 Å². The predicted molar refractivity (Wildman–Crippen MR) is 94.7 cm³/mol. The van der Waals surface area contributed by atoms with E-state index in [1.54, 1.807) is 0 Å². The van der Waals surface area contributed by atoms with Gasteiger partial charge in [0.2, 0.25) is 0 Å². The Morgan fingerprint density at radius 3 is 2.86 bits per heavy atom. The van der Waals surface area contributed by atoms with Gasteiger partial charge in [0.25, 0.3) is 0 Å². The van der Waals surface area contributed by atoms with Crippen LogP contribution in [0.4, 0.5) is 0 Å². The van der Waals surface area contributed by atoms with E-state index in [1.807, 2.05) is 19.1 Å². The Hall–Kier alpha value is -0.390. The number of piperidine rings is 1. The largest absolute Gasteiger partial charge is 0.491 e. The number of carbonyl (C=O) groups is 1. The minimum absolute atomic E-state index is 0.188. The van der Waals surface area contributed by atoms with Crippen LogP contribution < -0.4 is 4.74 Å². The van der Waals surface area contributed by atoms with Crippen LogP contribution in [0.25, 0.3) is 0 Å². The van der Waals surface area contributed by atoms with Crippen molar-refractivity contribution in [2.24, 2.45) is 5.41 Å². The zero-order chi connectivity index (χ0) is 15.9. The number of hydrogen-bond acceptors (Lipinski definition) is 3. The standard InChI is InChI=1S/C17H21Br2NO2/c1-11-5-3-4-6-20(11)9-17(2)10-22-15-13(16(17)21)7-12(18)8-14(15)19/h7-8,11H,3-6,9-10H2,1-2H3/t11-,17+/m0/s1. The molecule has 2 aliphatic rings. The maximum Gasteiger partial charge on any atom is 0.177 e. The fraction of sp³-hybridized carbons (Fsp3) is 0.588. The molecule has 1 fully saturated rings. The topological polar surface area (TPSA) is 29.5 Å². The van der Waals surface area contributed by atoms with Crippen molar-refractivity contribution in [2.45, 2.75) is 39.2 Å². The number of hydrogen-bond donors (Lipinski definition) is 0. The van der Waals surface area contributed by atoms with Crippen molar-refractivity contribution in [3.63, 3.8) is 0 Å². The molecule has 2 atom stereocenters. The van der Waals surface area contributed by atoms with E-state index in [1.165, 1.54) is 19.3 Å². The first-order chi connectivity index (χ1) is 10.4. The van der Waals surface area contributed by atoms with Gasteiger partial charge in [-0.3, -0.25) is 9.69 Å². The van der Waals surface area contributed by atoms with Gasteiger partial charge >= 0.3 is 0 Å². The van der Waals surface area contributed by atoms with E-state index >= 15 is 0 Å². The molecule has 3 rings (SSSR count). The van der Waals surface area contributed by atoms with Crippen LogP contribution in [0, 0.1) is 5.41 Å². The molecule has 1 aromatic rings. The third-order valence-electron chi connectivity index (χ3n) is 4.83. The number of fused-ring (bicyclic) bond motifs is 1. The van der Waals surface area contributed by atoms with Gasteiger partial charge in [0.1, 0.15) is 12.4 Å². The first-order valence-corrected chi connectivity index (χ1v) is 9.40. The Morgan fingerprint density at radius 1 is 1.36 bits per heavy atom. The zero-order valence-electron chi connectivity index (χ0n) is 13.0. The third kappa shape index (κ3) is 3.00. The molecule has 0 N–H and O–H groups in total. The molecule has 2 aliphatic heterocycles. The van der Waals surface area contributed by atoms with Gasteiger partial charge in [0.15, 0.2) is 5.78 Å². The predicted octanol–water partition coefficient (Wildman–Crippen LogP) is 4.67. The Kier molecular flexibility index (Phi) is 4.68. The lowest BCUT2D eigenvalue weighted by Gasteiger charge is -2.41. The minimum atomic E-state index is -0.473. The third-order valence-corrected chi connectivity index (χ3v) is 5.88. The van der Waals surface area contributed by atoms with E-state index in [4.69, 9.17) is 4.74 Å². The normalized spacial score (nSPS) is 29.1. The van der Waals surface area contributed by atoms with Crippen molar-refractivity contribution in [3.05, 3.63) is 26.6 Å². The molecule has 0 bridgehead atoms. The van der Waals surface area contributed by atoms with Crippen LogP contribution in [-0.2, 0) is 0 Å². The SMILES string of the molecule is C[C@H]1CCCCN1C[C@]1(C)COc2c(Br)cc(Br)cc2C1=O. The molecular formula is C17H21Br2NO2. The molecule has 1 saturated heterocycles. The van der Waals surface area contributed by atoms with Crippen LogP contribution >= 0.6 is 31.9 Å². The van der Waals surface area contributed by atoms with Crippen LogP contribution in [0.3, 0.4) is 0 Å². The van der Waals surface area contributed by atoms with Crippen molar-refractivity contribution in [3.8, 4) is 5.75 Å². The molecule has 5 heteroatoms. The van der Waals surface area contributed by atoms with E-state index in [0.29, 0.717) is 24.0 Å². The number of rotatable bonds is 2. The van der Waals surface area contributed by atoms with Gasteiger partial charge in [-0.2, -0.15) is 0 Å². The summed E-state index contributed by atoms with van der Waals surface area (Å²) in [5.74, 6) is 0.867. The Balaban J connectivity index is 1.87. The number of halogens is 2. The number of ether oxygens (including phenoxy) is 1. The molecule has 0 amide bonds. The van der Waals surface area contributed by atoms with Crippen LogP contribution in [0.5, 0.6) is 5.75 Å². The molecule has 0 radical (unpaired) electrons. The lowest BCUT2D eigenvalue weighted by atomic mass is 9.79. The molecular weight excluding hydrogens is 410 g/mol. The molecule has 1 aromatic carbocycles. The van der Waals surface area contributed by atoms with E-state index in [9.17, 15) is 4.79 Å². The number of carbonyl (C=O) groups excluding carboxylic acids is 1. The molecule has 2 heterocycles. The highest BCUT2D eigenvalue weighted by atomic mass is 79.9. The van der Waals surface area contributed by atoms with Gasteiger partial charge < -0.3 is 4.74 Å². The summed E-state index contributed by atoms with van der Waals surface area (Å²) in [7, 11) is 0. The molecule has 0 unspecified atom stereocenters. The van der Waals surface area contributed by atoms with Crippen molar-refractivity contribution in [1.29, 1.82) is 0 Å². The molecule has 0 aliphatic carbocycles. The Labute approximate surface area is 148 Å². The minimum Gasteiger partial charge on any atom is -0.491 e. The van der Waals surface area contributed by atoms with Gasteiger partial charge in [-0.05, 0) is 61.3 Å². The molecule has 0 aromatic heterocycles. The number of nitrogens with zero attached hydrogens (tertiary/aromatic N) is 1. The summed E-state index contributed by atoms with van der Waals surface area (Å²) in [6.07, 6.45) is 3.74. The second-order valence-electron chi connectivity index (χ2n) is 6.76. The average Bonchev–Trinajstić information content (AvgIpc) is 2.46. The van der Waals surface area contributed by atoms with Crippen molar-refractivity contribution in [2.75, 3.05) is 19.7 Å². The Morgan fingerprint density at radius 2 is 2.14 bits per heavy atom. The zero-order valence-corrected chi connectivity index (χ0v) is 16.2. The lowest BCUT2D eigenvalue weighted by molar-refractivity contribution is 0.0401. The summed E-state index contributed by atoms with van der Waals surface area (Å²) in [6.45, 7) is 6.60. The fourth-order valence-electron chi connectivity index (χ4n) is 3.46. The van der Waals surface area contributed by atoms with Crippen LogP contribution in [0.15, 0.2) is 21.1 Å². The van der Waals surface area contributed by atoms with E-state index in [2.05, 4.69) is 43.7 Å². The highest BCUT2D eigenvalue weighted by Crippen LogP contribution is 2.41. The lowest BCUT2D eigenvalue weighted by Crippen LogP contribution is -2.51. The van der Waals surface area contributed by atoms with Crippen molar-refractivity contribution < 1.29 is 9.53 Å². The van der Waals surface area contributed by atoms with Gasteiger partial charge in [-0.1, -0.05) is 22.4 Å². The monoisotopic (exact) mass is 429 g/mol. The summed E-state index contributed by atoms with van der Waals surface area (Å²) in [4.78, 5) is 15.5. The smallest absolute Gasteiger partial charge is 0.177 e. The Bertz CT molecular complexity index is 605. The van der Waals surface area contributed by atoms with Gasteiger partial charge in [-0.15, -0.1) is 0 Å². The highest BCUT2D eigenvalue weighted by molar-refractivity contribution is 9.11. The first kappa shape index (κ1) is 16.5. The van der Waals surface area contributed by atoms with E-state index in [0.717, 1.165) is 22.0 Å². The molecule has 22 heavy (non-hydrogen) atoms. The first-order valence-electron chi connectivity index (χ1n) is 7.81. The van der Waals surface area contributed by atoms with Crippen molar-refractivity contribution >= 4 is 37.6 Å². The molecule has 120 valence electrons. The summed E-state index contributed by atoms with van der Waals surface area (Å²) >= 11 is 6.95. The summed E-state index contributed by atoms with van der Waals surface area (Å²) < 4.78 is 7.68. The summed E-state index contributed by atoms with van der Waals surface area (Å²) in [5, 5.41) is 0. The second kappa shape index (κ2) is 6.25. The fourth-order valence-corrected chi connectivity index (χ4v) is 4.80. The average molecular weight is 431 g/mol.